The van der Waals surface area contributed by atoms with Crippen molar-refractivity contribution in [3.05, 3.63) is 53.2 Å². The summed E-state index contributed by atoms with van der Waals surface area (Å²) in [5.41, 5.74) is -0.850. The minimum absolute atomic E-state index is 0.0353. The number of amides is 3. The average molecular weight is 558 g/mol. The lowest BCUT2D eigenvalue weighted by atomic mass is 10.2. The van der Waals surface area contributed by atoms with Crippen molar-refractivity contribution in [2.24, 2.45) is 0 Å². The Hall–Kier alpha value is -3.06. The molecule has 2 aromatic rings. The first kappa shape index (κ1) is 25.6. The molecule has 1 atom stereocenters. The van der Waals surface area contributed by atoms with Gasteiger partial charge in [0, 0.05) is 38.4 Å². The van der Waals surface area contributed by atoms with Crippen molar-refractivity contribution in [2.75, 3.05) is 37.6 Å². The van der Waals surface area contributed by atoms with Gasteiger partial charge in [-0.05, 0) is 37.1 Å². The van der Waals surface area contributed by atoms with Crippen LogP contribution in [0.2, 0.25) is 5.02 Å². The van der Waals surface area contributed by atoms with Crippen LogP contribution in [-0.2, 0) is 21.0 Å². The predicted molar refractivity (Wildman–Crippen MR) is 127 cm³/mol. The van der Waals surface area contributed by atoms with Gasteiger partial charge in [-0.2, -0.15) is 13.2 Å². The van der Waals surface area contributed by atoms with Gasteiger partial charge in [0.15, 0.2) is 0 Å². The Bertz CT molecular complexity index is 1330. The van der Waals surface area contributed by atoms with Crippen LogP contribution in [0.25, 0.3) is 0 Å². The highest BCUT2D eigenvalue weighted by Crippen LogP contribution is 2.38. The second kappa shape index (κ2) is 9.35. The summed E-state index contributed by atoms with van der Waals surface area (Å²) in [5, 5.41) is -0.0353. The lowest BCUT2D eigenvalue weighted by Gasteiger charge is -2.38. The van der Waals surface area contributed by atoms with Crippen LogP contribution in [0.3, 0.4) is 0 Å². The van der Waals surface area contributed by atoms with E-state index in [1.54, 1.807) is 6.07 Å². The van der Waals surface area contributed by atoms with Crippen molar-refractivity contribution in [2.45, 2.75) is 36.0 Å². The first-order chi connectivity index (χ1) is 17.5. The normalized spacial score (nSPS) is 21.1. The minimum atomic E-state index is -4.57. The van der Waals surface area contributed by atoms with Crippen LogP contribution in [0, 0.1) is 0 Å². The van der Waals surface area contributed by atoms with Crippen LogP contribution in [0.1, 0.15) is 18.4 Å². The van der Waals surface area contributed by atoms with Gasteiger partial charge in [-0.15, -0.1) is 0 Å². The van der Waals surface area contributed by atoms with E-state index < -0.39 is 39.7 Å². The number of carbonyl (C=O) groups excluding carboxylic acids is 2. The van der Waals surface area contributed by atoms with Crippen LogP contribution in [0.5, 0.6) is 0 Å². The molecule has 198 valence electrons. The summed E-state index contributed by atoms with van der Waals surface area (Å²) >= 11 is 6.08. The zero-order valence-electron chi connectivity index (χ0n) is 19.4. The predicted octanol–water partition coefficient (Wildman–Crippen LogP) is 3.06. The number of rotatable bonds is 5. The van der Waals surface area contributed by atoms with E-state index in [9.17, 15) is 31.2 Å². The van der Waals surface area contributed by atoms with Gasteiger partial charge >= 0.3 is 12.2 Å². The number of sulfonamides is 1. The maximum atomic E-state index is 13.5. The first-order valence-electron chi connectivity index (χ1n) is 11.7. The summed E-state index contributed by atoms with van der Waals surface area (Å²) in [5.74, 6) is -0.636. The Morgan fingerprint density at radius 1 is 1.03 bits per heavy atom. The van der Waals surface area contributed by atoms with Crippen LogP contribution in [-0.4, -0.2) is 84.3 Å². The Kier molecular flexibility index (Phi) is 6.47. The summed E-state index contributed by atoms with van der Waals surface area (Å²) in [7, 11) is -4.30. The van der Waals surface area contributed by atoms with E-state index in [2.05, 4.69) is 4.98 Å². The van der Waals surface area contributed by atoms with E-state index in [0.717, 1.165) is 6.07 Å². The Morgan fingerprint density at radius 2 is 1.70 bits per heavy atom. The molecule has 0 unspecified atom stereocenters. The van der Waals surface area contributed by atoms with Gasteiger partial charge in [0.1, 0.15) is 16.8 Å². The summed E-state index contributed by atoms with van der Waals surface area (Å²) in [6.07, 6.45) is -1.97. The highest BCUT2D eigenvalue weighted by atomic mass is 35.5. The molecule has 1 aliphatic carbocycles. The zero-order chi connectivity index (χ0) is 26.5. The topological polar surface area (TPSA) is 94.1 Å². The summed E-state index contributed by atoms with van der Waals surface area (Å²) < 4.78 is 67.5. The molecule has 5 rings (SSSR count). The van der Waals surface area contributed by atoms with Crippen molar-refractivity contribution in [1.82, 2.24) is 19.1 Å². The Morgan fingerprint density at radius 3 is 2.32 bits per heavy atom. The lowest BCUT2D eigenvalue weighted by Crippen LogP contribution is -2.55. The zero-order valence-corrected chi connectivity index (χ0v) is 21.0. The van der Waals surface area contributed by atoms with E-state index >= 15 is 0 Å². The Balaban J connectivity index is 1.33. The largest absolute Gasteiger partial charge is 0.419 e. The molecule has 0 N–H and O–H groups in total. The molecule has 14 heteroatoms. The highest BCUT2D eigenvalue weighted by molar-refractivity contribution is 7.89. The number of alkyl halides is 3. The summed E-state index contributed by atoms with van der Waals surface area (Å²) in [6.45, 7) is 0.0653. The third-order valence-electron chi connectivity index (χ3n) is 6.72. The molecule has 0 spiro atoms. The number of halogens is 4. The molecule has 3 amide bonds. The molecule has 1 aromatic heterocycles. The number of pyridine rings is 1. The van der Waals surface area contributed by atoms with Gasteiger partial charge in [-0.3, -0.25) is 4.79 Å². The monoisotopic (exact) mass is 557 g/mol. The van der Waals surface area contributed by atoms with E-state index in [-0.39, 0.29) is 54.5 Å². The molecule has 3 fully saturated rings. The molecule has 0 radical (unpaired) electrons. The summed E-state index contributed by atoms with van der Waals surface area (Å²) in [4.78, 5) is 34.7. The fraction of sp³-hybridized carbons (Fsp3) is 0.435. The highest BCUT2D eigenvalue weighted by Gasteiger charge is 2.53. The molecule has 1 saturated carbocycles. The third-order valence-corrected chi connectivity index (χ3v) is 8.96. The number of hydrogen-bond donors (Lipinski definition) is 0. The maximum absolute atomic E-state index is 13.5. The van der Waals surface area contributed by atoms with Crippen molar-refractivity contribution >= 4 is 39.4 Å². The van der Waals surface area contributed by atoms with Gasteiger partial charge < -0.3 is 14.7 Å². The molecular weight excluding hydrogens is 535 g/mol. The third kappa shape index (κ3) is 4.70. The molecule has 2 aliphatic heterocycles. The van der Waals surface area contributed by atoms with E-state index in [1.807, 2.05) is 0 Å². The smallest absolute Gasteiger partial charge is 0.353 e. The molecule has 1 aromatic carbocycles. The van der Waals surface area contributed by atoms with Crippen LogP contribution < -0.4 is 4.90 Å². The fourth-order valence-corrected chi connectivity index (χ4v) is 6.61. The number of piperazine rings is 1. The van der Waals surface area contributed by atoms with Crippen LogP contribution in [0.4, 0.5) is 23.8 Å². The molecule has 0 bridgehead atoms. The number of aromatic nitrogens is 1. The summed E-state index contributed by atoms with van der Waals surface area (Å²) in [6, 6.07) is 5.91. The fourth-order valence-electron chi connectivity index (χ4n) is 4.74. The molecule has 3 heterocycles. The minimum Gasteiger partial charge on any atom is -0.353 e. The van der Waals surface area contributed by atoms with Gasteiger partial charge in [-0.1, -0.05) is 23.7 Å². The number of carbonyl (C=O) groups is 2. The standard InChI is InChI=1S/C23H23ClF3N5O4S/c24-17-5-1-2-6-19(17)37(35,36)31-14-18(32(22(31)34)15-7-8-15)21(33)30-12-10-29(11-13-30)20-16(23(25,26)27)4-3-9-28-20/h1-6,9,15,18H,7-8,10-14H2/t18-/m0/s1. The molecule has 2 saturated heterocycles. The molecule has 3 aliphatic rings. The Labute approximate surface area is 216 Å². The van der Waals surface area contributed by atoms with Gasteiger partial charge in [0.25, 0.3) is 10.0 Å². The van der Waals surface area contributed by atoms with Crippen molar-refractivity contribution in [3.8, 4) is 0 Å². The number of anilines is 1. The molecule has 37 heavy (non-hydrogen) atoms. The van der Waals surface area contributed by atoms with Crippen molar-refractivity contribution in [3.63, 3.8) is 0 Å². The second-order valence-electron chi connectivity index (χ2n) is 9.09. The van der Waals surface area contributed by atoms with Crippen LogP contribution in [0.15, 0.2) is 47.5 Å². The van der Waals surface area contributed by atoms with Crippen molar-refractivity contribution in [1.29, 1.82) is 0 Å². The van der Waals surface area contributed by atoms with Crippen LogP contribution >= 0.6 is 11.6 Å². The van der Waals surface area contributed by atoms with Gasteiger partial charge in [-0.25, -0.2) is 22.5 Å². The van der Waals surface area contributed by atoms with Gasteiger partial charge in [0.05, 0.1) is 17.1 Å². The van der Waals surface area contributed by atoms with E-state index in [0.29, 0.717) is 17.1 Å². The number of hydrogen-bond acceptors (Lipinski definition) is 6. The lowest BCUT2D eigenvalue weighted by molar-refractivity contribution is -0.138. The number of urea groups is 1. The quantitative estimate of drug-likeness (QED) is 0.561. The van der Waals surface area contributed by atoms with Crippen molar-refractivity contribution < 1.29 is 31.2 Å². The first-order valence-corrected chi connectivity index (χ1v) is 13.5. The molecule has 9 nitrogen and oxygen atoms in total. The number of benzene rings is 1. The number of nitrogens with zero attached hydrogens (tertiary/aromatic N) is 5. The maximum Gasteiger partial charge on any atom is 0.419 e. The van der Waals surface area contributed by atoms with E-state index in [4.69, 9.17) is 11.6 Å². The van der Waals surface area contributed by atoms with E-state index in [1.165, 1.54) is 45.2 Å². The van der Waals surface area contributed by atoms with Gasteiger partial charge in [0.2, 0.25) is 5.91 Å². The second-order valence-corrected chi connectivity index (χ2v) is 11.3. The average Bonchev–Trinajstić information content (AvgIpc) is 3.64. The molecular formula is C23H23ClF3N5O4S. The SMILES string of the molecule is O=C([C@@H]1CN(S(=O)(=O)c2ccccc2Cl)C(=O)N1C1CC1)N1CCN(c2ncccc2C(F)(F)F)CC1.